The summed E-state index contributed by atoms with van der Waals surface area (Å²) in [6.45, 7) is 9.17. The lowest BCUT2D eigenvalue weighted by molar-refractivity contribution is 0.155. The molecule has 0 saturated heterocycles. The van der Waals surface area contributed by atoms with Gasteiger partial charge >= 0.3 is 0 Å². The second kappa shape index (κ2) is 4.08. The van der Waals surface area contributed by atoms with Crippen LogP contribution in [0, 0.1) is 23.7 Å². The number of nitrogens with zero attached hydrogens (tertiary/aromatic N) is 2. The minimum Gasteiger partial charge on any atom is -0.366 e. The van der Waals surface area contributed by atoms with Gasteiger partial charge in [0.2, 0.25) is 0 Å². The Labute approximate surface area is 120 Å². The molecule has 4 heteroatoms. The van der Waals surface area contributed by atoms with E-state index in [1.165, 1.54) is 19.3 Å². The van der Waals surface area contributed by atoms with Gasteiger partial charge < -0.3 is 5.32 Å². The minimum absolute atomic E-state index is 0.316. The summed E-state index contributed by atoms with van der Waals surface area (Å²) in [6, 6.07) is 0.461. The summed E-state index contributed by atoms with van der Waals surface area (Å²) in [6.07, 6.45) is 5.55. The van der Waals surface area contributed by atoms with Crippen molar-refractivity contribution in [1.82, 2.24) is 9.97 Å². The molecule has 1 N–H and O–H groups in total. The molecule has 1 aromatic heterocycles. The summed E-state index contributed by atoms with van der Waals surface area (Å²) in [4.78, 5) is 8.41. The molecule has 3 nitrogen and oxygen atoms in total. The van der Waals surface area contributed by atoms with Crippen LogP contribution in [0.3, 0.4) is 0 Å². The second-order valence-corrected chi connectivity index (χ2v) is 7.49. The Morgan fingerprint density at radius 1 is 1.32 bits per heavy atom. The highest BCUT2D eigenvalue weighted by atomic mass is 35.5. The van der Waals surface area contributed by atoms with E-state index in [1.54, 1.807) is 6.33 Å². The maximum Gasteiger partial charge on any atom is 0.137 e. The smallest absolute Gasteiger partial charge is 0.137 e. The summed E-state index contributed by atoms with van der Waals surface area (Å²) in [5.74, 6) is 1.72. The molecule has 2 saturated carbocycles. The van der Waals surface area contributed by atoms with Crippen LogP contribution in [-0.4, -0.2) is 16.0 Å². The number of halogens is 1. The summed E-state index contributed by atoms with van der Waals surface area (Å²) in [5, 5.41) is 4.22. The summed E-state index contributed by atoms with van der Waals surface area (Å²) < 4.78 is 0. The first-order valence-corrected chi connectivity index (χ1v) is 7.46. The zero-order valence-corrected chi connectivity index (χ0v) is 12.9. The van der Waals surface area contributed by atoms with Crippen molar-refractivity contribution in [3.63, 3.8) is 0 Å². The molecule has 0 aromatic carbocycles. The van der Waals surface area contributed by atoms with Crippen LogP contribution >= 0.6 is 11.6 Å². The van der Waals surface area contributed by atoms with Gasteiger partial charge in [-0.1, -0.05) is 32.4 Å². The fourth-order valence-electron chi connectivity index (χ4n) is 4.37. The van der Waals surface area contributed by atoms with Crippen molar-refractivity contribution < 1.29 is 0 Å². The van der Waals surface area contributed by atoms with Crippen molar-refractivity contribution in [3.8, 4) is 0 Å². The third-order valence-corrected chi connectivity index (χ3v) is 5.95. The third-order valence-electron chi connectivity index (χ3n) is 5.57. The van der Waals surface area contributed by atoms with E-state index in [2.05, 4.69) is 36.1 Å². The van der Waals surface area contributed by atoms with Crippen molar-refractivity contribution in [1.29, 1.82) is 0 Å². The number of fused-ring (bicyclic) bond motifs is 2. The number of aromatic nitrogens is 2. The lowest BCUT2D eigenvalue weighted by Crippen LogP contribution is -2.46. The standard InChI is InChI=1S/C15H22ClN3/c1-9-11(16)17-8-18-12(9)19-13-14(2,3)10-5-6-15(13,4)7-10/h8,10,13H,5-7H2,1-4H3,(H,17,18,19). The van der Waals surface area contributed by atoms with E-state index in [0.717, 1.165) is 17.3 Å². The first kappa shape index (κ1) is 13.2. The Morgan fingerprint density at radius 2 is 2.05 bits per heavy atom. The Kier molecular flexibility index (Phi) is 2.83. The minimum atomic E-state index is 0.316. The van der Waals surface area contributed by atoms with E-state index in [9.17, 15) is 0 Å². The fraction of sp³-hybridized carbons (Fsp3) is 0.733. The molecule has 3 unspecified atom stereocenters. The molecule has 19 heavy (non-hydrogen) atoms. The maximum absolute atomic E-state index is 6.09. The van der Waals surface area contributed by atoms with Gasteiger partial charge in [0, 0.05) is 11.6 Å². The molecule has 0 aliphatic heterocycles. The molecule has 3 rings (SSSR count). The lowest BCUT2D eigenvalue weighted by atomic mass is 9.68. The molecule has 0 amide bonds. The van der Waals surface area contributed by atoms with E-state index in [-0.39, 0.29) is 0 Å². The molecule has 0 radical (unpaired) electrons. The quantitative estimate of drug-likeness (QED) is 0.830. The lowest BCUT2D eigenvalue weighted by Gasteiger charge is -2.43. The van der Waals surface area contributed by atoms with Crippen molar-refractivity contribution in [2.24, 2.45) is 16.7 Å². The molecular weight excluding hydrogens is 258 g/mol. The topological polar surface area (TPSA) is 37.8 Å². The van der Waals surface area contributed by atoms with Gasteiger partial charge in [-0.3, -0.25) is 0 Å². The number of hydrogen-bond acceptors (Lipinski definition) is 3. The average Bonchev–Trinajstić information content (AvgIpc) is 2.81. The van der Waals surface area contributed by atoms with Gasteiger partial charge in [-0.15, -0.1) is 0 Å². The number of anilines is 1. The SMILES string of the molecule is Cc1c(Cl)ncnc1NC1C2(C)CCC(C2)C1(C)C. The van der Waals surface area contributed by atoms with Crippen LogP contribution in [0.5, 0.6) is 0 Å². The molecule has 2 aliphatic carbocycles. The van der Waals surface area contributed by atoms with Gasteiger partial charge in [-0.25, -0.2) is 9.97 Å². The first-order chi connectivity index (χ1) is 8.84. The van der Waals surface area contributed by atoms with E-state index >= 15 is 0 Å². The van der Waals surface area contributed by atoms with Crippen LogP contribution in [0.1, 0.15) is 45.6 Å². The molecule has 1 aromatic rings. The van der Waals surface area contributed by atoms with Crippen LogP contribution in [0.4, 0.5) is 5.82 Å². The van der Waals surface area contributed by atoms with Crippen molar-refractivity contribution in [2.45, 2.75) is 53.0 Å². The Hall–Kier alpha value is -0.830. The van der Waals surface area contributed by atoms with E-state index < -0.39 is 0 Å². The highest BCUT2D eigenvalue weighted by Gasteiger charge is 2.59. The van der Waals surface area contributed by atoms with E-state index in [0.29, 0.717) is 22.0 Å². The molecule has 2 bridgehead atoms. The first-order valence-electron chi connectivity index (χ1n) is 7.08. The molecule has 104 valence electrons. The Morgan fingerprint density at radius 3 is 2.68 bits per heavy atom. The monoisotopic (exact) mass is 279 g/mol. The number of nitrogens with one attached hydrogen (secondary N) is 1. The number of rotatable bonds is 2. The van der Waals surface area contributed by atoms with Gasteiger partial charge in [0.05, 0.1) is 0 Å². The molecular formula is C15H22ClN3. The summed E-state index contributed by atoms with van der Waals surface area (Å²) in [7, 11) is 0. The summed E-state index contributed by atoms with van der Waals surface area (Å²) in [5.41, 5.74) is 1.65. The fourth-order valence-corrected chi connectivity index (χ4v) is 4.51. The van der Waals surface area contributed by atoms with Crippen LogP contribution in [0.15, 0.2) is 6.33 Å². The number of hydrogen-bond donors (Lipinski definition) is 1. The predicted molar refractivity (Wildman–Crippen MR) is 78.4 cm³/mol. The van der Waals surface area contributed by atoms with Crippen LogP contribution in [-0.2, 0) is 0 Å². The van der Waals surface area contributed by atoms with Crippen molar-refractivity contribution >= 4 is 17.4 Å². The molecule has 3 atom stereocenters. The van der Waals surface area contributed by atoms with Gasteiger partial charge in [-0.2, -0.15) is 0 Å². The predicted octanol–water partition coefficient (Wildman–Crippen LogP) is 4.07. The Bertz CT molecular complexity index is 509. The zero-order chi connectivity index (χ0) is 13.8. The largest absolute Gasteiger partial charge is 0.366 e. The third kappa shape index (κ3) is 1.85. The van der Waals surface area contributed by atoms with Crippen LogP contribution < -0.4 is 5.32 Å². The maximum atomic E-state index is 6.09. The normalized spacial score (nSPS) is 35.6. The van der Waals surface area contributed by atoms with E-state index in [1.807, 2.05) is 6.92 Å². The highest BCUT2D eigenvalue weighted by Crippen LogP contribution is 2.63. The van der Waals surface area contributed by atoms with E-state index in [4.69, 9.17) is 11.6 Å². The van der Waals surface area contributed by atoms with Gasteiger partial charge in [-0.05, 0) is 42.9 Å². The van der Waals surface area contributed by atoms with Crippen molar-refractivity contribution in [2.75, 3.05) is 5.32 Å². The molecule has 1 heterocycles. The van der Waals surface area contributed by atoms with Gasteiger partial charge in [0.1, 0.15) is 17.3 Å². The average molecular weight is 280 g/mol. The van der Waals surface area contributed by atoms with Gasteiger partial charge in [0.25, 0.3) is 0 Å². The van der Waals surface area contributed by atoms with Gasteiger partial charge in [0.15, 0.2) is 0 Å². The van der Waals surface area contributed by atoms with Crippen LogP contribution in [0.2, 0.25) is 5.15 Å². The Balaban J connectivity index is 1.93. The van der Waals surface area contributed by atoms with Crippen LogP contribution in [0.25, 0.3) is 0 Å². The molecule has 0 spiro atoms. The highest BCUT2D eigenvalue weighted by molar-refractivity contribution is 6.30. The zero-order valence-electron chi connectivity index (χ0n) is 12.1. The molecule has 2 aliphatic rings. The summed E-state index contributed by atoms with van der Waals surface area (Å²) >= 11 is 6.09. The molecule has 2 fully saturated rings. The van der Waals surface area contributed by atoms with Crippen molar-refractivity contribution in [3.05, 3.63) is 17.0 Å². The second-order valence-electron chi connectivity index (χ2n) is 7.13.